The second-order valence-corrected chi connectivity index (χ2v) is 4.60. The van der Waals surface area contributed by atoms with Gasteiger partial charge in [0.05, 0.1) is 10.9 Å². The number of hydrogen-bond acceptors (Lipinski definition) is 3. The zero-order chi connectivity index (χ0) is 10.4. The van der Waals surface area contributed by atoms with Gasteiger partial charge in [-0.05, 0) is 13.1 Å². The molecule has 0 aromatic carbocycles. The normalized spacial score (nSPS) is 11.1. The van der Waals surface area contributed by atoms with E-state index in [2.05, 4.69) is 23.7 Å². The van der Waals surface area contributed by atoms with Crippen LogP contribution in [0.1, 0.15) is 23.7 Å². The van der Waals surface area contributed by atoms with Crippen molar-refractivity contribution in [1.29, 1.82) is 0 Å². The van der Waals surface area contributed by atoms with Crippen molar-refractivity contribution in [2.45, 2.75) is 26.1 Å². The molecule has 0 saturated heterocycles. The third-order valence-electron chi connectivity index (χ3n) is 2.27. The molecule has 14 heavy (non-hydrogen) atoms. The number of aromatic nitrogens is 1. The van der Waals surface area contributed by atoms with Gasteiger partial charge in [-0.15, -0.1) is 22.9 Å². The molecule has 4 heteroatoms. The van der Waals surface area contributed by atoms with E-state index >= 15 is 0 Å². The first kappa shape index (κ1) is 12.0. The van der Waals surface area contributed by atoms with Crippen LogP contribution < -0.4 is 0 Å². The van der Waals surface area contributed by atoms with E-state index in [0.29, 0.717) is 5.88 Å². The Balaban J connectivity index is 2.37. The van der Waals surface area contributed by atoms with Crippen LogP contribution in [0.25, 0.3) is 0 Å². The molecule has 0 fully saturated rings. The van der Waals surface area contributed by atoms with Crippen LogP contribution in [0.2, 0.25) is 0 Å². The fourth-order valence-corrected chi connectivity index (χ4v) is 2.31. The zero-order valence-corrected chi connectivity index (χ0v) is 10.4. The minimum absolute atomic E-state index is 0.586. The molecule has 1 heterocycles. The average molecular weight is 233 g/mol. The summed E-state index contributed by atoms with van der Waals surface area (Å²) in [6, 6.07) is 0. The van der Waals surface area contributed by atoms with E-state index < -0.39 is 0 Å². The van der Waals surface area contributed by atoms with E-state index in [1.165, 1.54) is 9.88 Å². The molecular formula is C10H17ClN2S. The average Bonchev–Trinajstić information content (AvgIpc) is 2.67. The Hall–Kier alpha value is -0.120. The van der Waals surface area contributed by atoms with Crippen molar-refractivity contribution in [2.24, 2.45) is 0 Å². The molecule has 0 N–H and O–H groups in total. The molecule has 80 valence electrons. The van der Waals surface area contributed by atoms with Gasteiger partial charge in [-0.1, -0.05) is 13.8 Å². The summed E-state index contributed by atoms with van der Waals surface area (Å²) in [5, 5.41) is 1.20. The van der Waals surface area contributed by atoms with E-state index in [4.69, 9.17) is 11.6 Å². The molecule has 0 atom stereocenters. The molecule has 0 unspecified atom stereocenters. The minimum Gasteiger partial charge on any atom is -0.303 e. The summed E-state index contributed by atoms with van der Waals surface area (Å²) in [4.78, 5) is 7.91. The second-order valence-electron chi connectivity index (χ2n) is 3.13. The topological polar surface area (TPSA) is 16.1 Å². The van der Waals surface area contributed by atoms with Crippen molar-refractivity contribution in [2.75, 3.05) is 19.6 Å². The molecule has 0 aliphatic heterocycles. The predicted octanol–water partition coefficient (Wildman–Crippen LogP) is 2.77. The molecule has 2 nitrogen and oxygen atoms in total. The van der Waals surface area contributed by atoms with Gasteiger partial charge in [-0.2, -0.15) is 0 Å². The first-order chi connectivity index (χ1) is 6.80. The van der Waals surface area contributed by atoms with Crippen molar-refractivity contribution in [1.82, 2.24) is 9.88 Å². The molecule has 0 bridgehead atoms. The van der Waals surface area contributed by atoms with Gasteiger partial charge in [0.15, 0.2) is 0 Å². The SMILES string of the molecule is CCN(CC)CCc1ncc(CCl)s1. The predicted molar refractivity (Wildman–Crippen MR) is 63.2 cm³/mol. The van der Waals surface area contributed by atoms with Gasteiger partial charge in [0.2, 0.25) is 0 Å². The van der Waals surface area contributed by atoms with Crippen LogP contribution in [0, 0.1) is 0 Å². The number of nitrogens with zero attached hydrogens (tertiary/aromatic N) is 2. The van der Waals surface area contributed by atoms with Gasteiger partial charge in [-0.3, -0.25) is 0 Å². The lowest BCUT2D eigenvalue weighted by Crippen LogP contribution is -2.25. The number of likely N-dealkylation sites (N-methyl/N-ethyl adjacent to an activating group) is 1. The van der Waals surface area contributed by atoms with Gasteiger partial charge in [-0.25, -0.2) is 4.98 Å². The summed E-state index contributed by atoms with van der Waals surface area (Å²) < 4.78 is 0. The lowest BCUT2D eigenvalue weighted by molar-refractivity contribution is 0.308. The van der Waals surface area contributed by atoms with Crippen molar-refractivity contribution < 1.29 is 0 Å². The third kappa shape index (κ3) is 3.56. The molecule has 1 aromatic heterocycles. The van der Waals surface area contributed by atoms with Crippen LogP contribution >= 0.6 is 22.9 Å². The number of alkyl halides is 1. The zero-order valence-electron chi connectivity index (χ0n) is 8.79. The summed E-state index contributed by atoms with van der Waals surface area (Å²) in [5.74, 6) is 0.586. The Morgan fingerprint density at radius 1 is 1.43 bits per heavy atom. The lowest BCUT2D eigenvalue weighted by atomic mass is 10.4. The largest absolute Gasteiger partial charge is 0.303 e. The minimum atomic E-state index is 0.586. The maximum absolute atomic E-state index is 5.72. The summed E-state index contributed by atoms with van der Waals surface area (Å²) in [7, 11) is 0. The van der Waals surface area contributed by atoms with Crippen molar-refractivity contribution in [3.63, 3.8) is 0 Å². The first-order valence-electron chi connectivity index (χ1n) is 5.02. The van der Waals surface area contributed by atoms with Gasteiger partial charge < -0.3 is 4.90 Å². The van der Waals surface area contributed by atoms with Crippen LogP contribution in [0.4, 0.5) is 0 Å². The van der Waals surface area contributed by atoms with Gasteiger partial charge in [0.1, 0.15) is 0 Å². The molecule has 1 rings (SSSR count). The second kappa shape index (κ2) is 6.38. The molecule has 0 aliphatic carbocycles. The maximum Gasteiger partial charge on any atom is 0.0940 e. The van der Waals surface area contributed by atoms with E-state index in [0.717, 1.165) is 26.1 Å². The smallest absolute Gasteiger partial charge is 0.0940 e. The molecule has 0 saturated carbocycles. The summed E-state index contributed by atoms with van der Waals surface area (Å²) in [6.07, 6.45) is 2.93. The van der Waals surface area contributed by atoms with E-state index in [-0.39, 0.29) is 0 Å². The Labute approximate surface area is 94.9 Å². The van der Waals surface area contributed by atoms with E-state index in [1.54, 1.807) is 11.3 Å². The number of thiazole rings is 1. The Kier molecular flexibility index (Phi) is 5.45. The Morgan fingerprint density at radius 3 is 2.64 bits per heavy atom. The van der Waals surface area contributed by atoms with Crippen molar-refractivity contribution in [3.05, 3.63) is 16.1 Å². The van der Waals surface area contributed by atoms with Crippen molar-refractivity contribution >= 4 is 22.9 Å². The highest BCUT2D eigenvalue weighted by molar-refractivity contribution is 7.11. The van der Waals surface area contributed by atoms with Crippen molar-refractivity contribution in [3.8, 4) is 0 Å². The monoisotopic (exact) mass is 232 g/mol. The summed E-state index contributed by atoms with van der Waals surface area (Å²) in [5.41, 5.74) is 0. The number of rotatable bonds is 6. The fourth-order valence-electron chi connectivity index (χ4n) is 1.32. The fraction of sp³-hybridized carbons (Fsp3) is 0.700. The molecule has 0 aliphatic rings. The molecule has 0 spiro atoms. The molecule has 0 amide bonds. The lowest BCUT2D eigenvalue weighted by Gasteiger charge is -2.16. The molecular weight excluding hydrogens is 216 g/mol. The maximum atomic E-state index is 5.72. The summed E-state index contributed by atoms with van der Waals surface area (Å²) in [6.45, 7) is 7.71. The van der Waals surface area contributed by atoms with Crippen LogP contribution in [0.15, 0.2) is 6.20 Å². The number of halogens is 1. The van der Waals surface area contributed by atoms with Crippen LogP contribution in [0.5, 0.6) is 0 Å². The Morgan fingerprint density at radius 2 is 2.14 bits per heavy atom. The van der Waals surface area contributed by atoms with Crippen LogP contribution in [-0.2, 0) is 12.3 Å². The highest BCUT2D eigenvalue weighted by Crippen LogP contribution is 2.15. The molecule has 0 radical (unpaired) electrons. The highest BCUT2D eigenvalue weighted by Gasteiger charge is 2.03. The Bertz CT molecular complexity index is 258. The van der Waals surface area contributed by atoms with Gasteiger partial charge >= 0.3 is 0 Å². The third-order valence-corrected chi connectivity index (χ3v) is 3.77. The van der Waals surface area contributed by atoms with Crippen LogP contribution in [-0.4, -0.2) is 29.5 Å². The van der Waals surface area contributed by atoms with Gasteiger partial charge in [0, 0.05) is 24.0 Å². The quantitative estimate of drug-likeness (QED) is 0.702. The summed E-state index contributed by atoms with van der Waals surface area (Å²) >= 11 is 7.44. The van der Waals surface area contributed by atoms with E-state index in [1.807, 2.05) is 6.20 Å². The van der Waals surface area contributed by atoms with Crippen LogP contribution in [0.3, 0.4) is 0 Å². The standard InChI is InChI=1S/C10H17ClN2S/c1-3-13(4-2)6-5-10-12-8-9(7-11)14-10/h8H,3-7H2,1-2H3. The van der Waals surface area contributed by atoms with Gasteiger partial charge in [0.25, 0.3) is 0 Å². The first-order valence-corrected chi connectivity index (χ1v) is 6.37. The number of hydrogen-bond donors (Lipinski definition) is 0. The highest BCUT2D eigenvalue weighted by atomic mass is 35.5. The molecule has 1 aromatic rings. The van der Waals surface area contributed by atoms with E-state index in [9.17, 15) is 0 Å².